The summed E-state index contributed by atoms with van der Waals surface area (Å²) in [5.41, 5.74) is 0.741. The van der Waals surface area contributed by atoms with Crippen molar-refractivity contribution in [2.75, 3.05) is 37.5 Å². The first-order valence-corrected chi connectivity index (χ1v) is 10.1. The van der Waals surface area contributed by atoms with E-state index in [1.807, 2.05) is 6.07 Å². The summed E-state index contributed by atoms with van der Waals surface area (Å²) in [5, 5.41) is 2.73. The molecular formula is C18H22N4O4S. The number of rotatable bonds is 6. The van der Waals surface area contributed by atoms with Crippen molar-refractivity contribution in [3.8, 4) is 5.75 Å². The van der Waals surface area contributed by atoms with Gasteiger partial charge in [0, 0.05) is 18.7 Å². The summed E-state index contributed by atoms with van der Waals surface area (Å²) in [6.45, 7) is 1.99. The van der Waals surface area contributed by atoms with Gasteiger partial charge in [0.15, 0.2) is 0 Å². The number of anilines is 2. The van der Waals surface area contributed by atoms with Crippen molar-refractivity contribution < 1.29 is 17.9 Å². The lowest BCUT2D eigenvalue weighted by Crippen LogP contribution is -2.21. The summed E-state index contributed by atoms with van der Waals surface area (Å²) in [5.74, 6) is 0.621. The van der Waals surface area contributed by atoms with Gasteiger partial charge in [0.2, 0.25) is 10.0 Å². The maximum atomic E-state index is 12.5. The molecule has 1 aromatic carbocycles. The SMILES string of the molecule is CNS(=O)(=O)c1cc(C(=O)Nc2ccc(N3CCCC3)nc2)ccc1OC. The van der Waals surface area contributed by atoms with Gasteiger partial charge in [0.1, 0.15) is 16.5 Å². The lowest BCUT2D eigenvalue weighted by molar-refractivity contribution is 0.102. The Morgan fingerprint density at radius 3 is 2.52 bits per heavy atom. The fourth-order valence-electron chi connectivity index (χ4n) is 2.93. The molecule has 1 aliphatic heterocycles. The van der Waals surface area contributed by atoms with Crippen LogP contribution < -0.4 is 19.7 Å². The Hall–Kier alpha value is -2.65. The van der Waals surface area contributed by atoms with E-state index in [0.717, 1.165) is 31.7 Å². The molecule has 2 aromatic rings. The first kappa shape index (κ1) is 19.1. The highest BCUT2D eigenvalue weighted by atomic mass is 32.2. The molecule has 0 aliphatic carbocycles. The number of nitrogens with one attached hydrogen (secondary N) is 2. The zero-order valence-electron chi connectivity index (χ0n) is 15.2. The van der Waals surface area contributed by atoms with Crippen molar-refractivity contribution >= 4 is 27.4 Å². The van der Waals surface area contributed by atoms with E-state index in [4.69, 9.17) is 4.74 Å². The van der Waals surface area contributed by atoms with E-state index in [9.17, 15) is 13.2 Å². The van der Waals surface area contributed by atoms with Gasteiger partial charge < -0.3 is 15.0 Å². The molecule has 144 valence electrons. The monoisotopic (exact) mass is 390 g/mol. The maximum absolute atomic E-state index is 12.5. The van der Waals surface area contributed by atoms with Crippen molar-refractivity contribution in [3.05, 3.63) is 42.1 Å². The Labute approximate surface area is 158 Å². The molecule has 1 aliphatic rings. The lowest BCUT2D eigenvalue weighted by atomic mass is 10.2. The molecule has 0 atom stereocenters. The van der Waals surface area contributed by atoms with Gasteiger partial charge in [0.05, 0.1) is 19.0 Å². The fraction of sp³-hybridized carbons (Fsp3) is 0.333. The highest BCUT2D eigenvalue weighted by molar-refractivity contribution is 7.89. The predicted molar refractivity (Wildman–Crippen MR) is 103 cm³/mol. The van der Waals surface area contributed by atoms with Gasteiger partial charge in [-0.05, 0) is 50.2 Å². The minimum absolute atomic E-state index is 0.0948. The van der Waals surface area contributed by atoms with E-state index < -0.39 is 15.9 Å². The second-order valence-corrected chi connectivity index (χ2v) is 7.98. The summed E-state index contributed by atoms with van der Waals surface area (Å²) in [7, 11) is -1.08. The van der Waals surface area contributed by atoms with Gasteiger partial charge in [-0.1, -0.05) is 0 Å². The number of carbonyl (C=O) groups excluding carboxylic acids is 1. The maximum Gasteiger partial charge on any atom is 0.255 e. The summed E-state index contributed by atoms with van der Waals surface area (Å²) in [6, 6.07) is 7.90. The van der Waals surface area contributed by atoms with Crippen molar-refractivity contribution in [1.82, 2.24) is 9.71 Å². The van der Waals surface area contributed by atoms with Crippen LogP contribution in [0.2, 0.25) is 0 Å². The average molecular weight is 390 g/mol. The molecule has 1 saturated heterocycles. The smallest absolute Gasteiger partial charge is 0.255 e. The Balaban J connectivity index is 1.78. The largest absolute Gasteiger partial charge is 0.495 e. The number of benzene rings is 1. The highest BCUT2D eigenvalue weighted by Crippen LogP contribution is 2.25. The number of sulfonamides is 1. The second kappa shape index (κ2) is 7.93. The van der Waals surface area contributed by atoms with Gasteiger partial charge in [-0.25, -0.2) is 18.1 Å². The minimum atomic E-state index is -3.76. The van der Waals surface area contributed by atoms with Crippen molar-refractivity contribution in [3.63, 3.8) is 0 Å². The van der Waals surface area contributed by atoms with E-state index in [-0.39, 0.29) is 16.2 Å². The van der Waals surface area contributed by atoms with Crippen LogP contribution in [0, 0.1) is 0 Å². The normalized spacial score (nSPS) is 14.2. The number of amides is 1. The van der Waals surface area contributed by atoms with E-state index in [2.05, 4.69) is 19.9 Å². The quantitative estimate of drug-likeness (QED) is 0.781. The number of ether oxygens (including phenoxy) is 1. The molecule has 1 aromatic heterocycles. The Morgan fingerprint density at radius 1 is 1.19 bits per heavy atom. The van der Waals surface area contributed by atoms with Crippen LogP contribution in [0.25, 0.3) is 0 Å². The predicted octanol–water partition coefficient (Wildman–Crippen LogP) is 1.85. The third-order valence-electron chi connectivity index (χ3n) is 4.42. The molecule has 0 bridgehead atoms. The van der Waals surface area contributed by atoms with E-state index in [1.54, 1.807) is 12.3 Å². The van der Waals surface area contributed by atoms with Gasteiger partial charge in [-0.15, -0.1) is 0 Å². The first-order chi connectivity index (χ1) is 12.9. The lowest BCUT2D eigenvalue weighted by Gasteiger charge is -2.16. The Bertz CT molecular complexity index is 923. The molecular weight excluding hydrogens is 368 g/mol. The van der Waals surface area contributed by atoms with Crippen LogP contribution in [0.4, 0.5) is 11.5 Å². The number of carbonyl (C=O) groups is 1. The molecule has 0 spiro atoms. The molecule has 8 nitrogen and oxygen atoms in total. The number of pyridine rings is 1. The number of nitrogens with zero attached hydrogens (tertiary/aromatic N) is 2. The molecule has 27 heavy (non-hydrogen) atoms. The molecule has 9 heteroatoms. The van der Waals surface area contributed by atoms with Crippen molar-refractivity contribution in [1.29, 1.82) is 0 Å². The van der Waals surface area contributed by atoms with Gasteiger partial charge in [-0.2, -0.15) is 0 Å². The standard InChI is InChI=1S/C18H22N4O4S/c1-19-27(24,25)16-11-13(5-7-15(16)26-2)18(23)21-14-6-8-17(20-12-14)22-9-3-4-10-22/h5-8,11-12,19H,3-4,9-10H2,1-2H3,(H,21,23). The van der Waals surface area contributed by atoms with Crippen LogP contribution >= 0.6 is 0 Å². The first-order valence-electron chi connectivity index (χ1n) is 8.58. The second-order valence-electron chi connectivity index (χ2n) is 6.13. The third kappa shape index (κ3) is 4.20. The number of aromatic nitrogens is 1. The van der Waals surface area contributed by atoms with Gasteiger partial charge in [-0.3, -0.25) is 4.79 Å². The van der Waals surface area contributed by atoms with Crippen LogP contribution in [-0.2, 0) is 10.0 Å². The molecule has 2 heterocycles. The molecule has 1 fully saturated rings. The molecule has 0 radical (unpaired) electrons. The Morgan fingerprint density at radius 2 is 1.93 bits per heavy atom. The number of hydrogen-bond acceptors (Lipinski definition) is 6. The average Bonchev–Trinajstić information content (AvgIpc) is 3.22. The van der Waals surface area contributed by atoms with Crippen molar-refractivity contribution in [2.45, 2.75) is 17.7 Å². The highest BCUT2D eigenvalue weighted by Gasteiger charge is 2.20. The minimum Gasteiger partial charge on any atom is -0.495 e. The summed E-state index contributed by atoms with van der Waals surface area (Å²) < 4.78 is 31.6. The molecule has 0 unspecified atom stereocenters. The van der Waals surface area contributed by atoms with Crippen LogP contribution in [0.3, 0.4) is 0 Å². The zero-order valence-corrected chi connectivity index (χ0v) is 16.0. The summed E-state index contributed by atoms with van der Waals surface area (Å²) in [6.07, 6.45) is 3.92. The number of methoxy groups -OCH3 is 1. The fourth-order valence-corrected chi connectivity index (χ4v) is 3.85. The van der Waals surface area contributed by atoms with Gasteiger partial charge in [0.25, 0.3) is 5.91 Å². The molecule has 3 rings (SSSR count). The van der Waals surface area contributed by atoms with E-state index in [0.29, 0.717) is 5.69 Å². The van der Waals surface area contributed by atoms with Crippen LogP contribution in [0.15, 0.2) is 41.4 Å². The van der Waals surface area contributed by atoms with Crippen LogP contribution in [-0.4, -0.2) is 46.6 Å². The topological polar surface area (TPSA) is 101 Å². The molecule has 1 amide bonds. The van der Waals surface area contributed by atoms with Crippen LogP contribution in [0.1, 0.15) is 23.2 Å². The van der Waals surface area contributed by atoms with Gasteiger partial charge >= 0.3 is 0 Å². The Kier molecular flexibility index (Phi) is 5.62. The zero-order chi connectivity index (χ0) is 19.4. The number of hydrogen-bond donors (Lipinski definition) is 2. The summed E-state index contributed by atoms with van der Waals surface area (Å²) >= 11 is 0. The molecule has 0 saturated carbocycles. The summed E-state index contributed by atoms with van der Waals surface area (Å²) in [4.78, 5) is 19.0. The van der Waals surface area contributed by atoms with E-state index in [1.165, 1.54) is 32.4 Å². The van der Waals surface area contributed by atoms with Crippen molar-refractivity contribution in [2.24, 2.45) is 0 Å². The van der Waals surface area contributed by atoms with Crippen LogP contribution in [0.5, 0.6) is 5.75 Å². The third-order valence-corrected chi connectivity index (χ3v) is 5.86. The van der Waals surface area contributed by atoms with E-state index >= 15 is 0 Å². The molecule has 2 N–H and O–H groups in total.